The molecule has 2 aromatic carbocycles. The summed E-state index contributed by atoms with van der Waals surface area (Å²) in [6.45, 7) is 0.677. The Morgan fingerprint density at radius 3 is 2.43 bits per heavy atom. The zero-order chi connectivity index (χ0) is 14.9. The molecule has 0 heterocycles. The van der Waals surface area contributed by atoms with E-state index in [1.54, 1.807) is 7.11 Å². The van der Waals surface area contributed by atoms with Gasteiger partial charge in [0.25, 0.3) is 0 Å². The maximum Gasteiger partial charge on any atom is 0.122 e. The largest absolute Gasteiger partial charge is 0.496 e. The fourth-order valence-electron chi connectivity index (χ4n) is 2.28. The highest BCUT2D eigenvalue weighted by molar-refractivity contribution is 6.18. The molecular weight excluding hydrogens is 284 g/mol. The van der Waals surface area contributed by atoms with Crippen molar-refractivity contribution in [3.63, 3.8) is 0 Å². The lowest BCUT2D eigenvalue weighted by Gasteiger charge is -2.16. The molecule has 0 fully saturated rings. The van der Waals surface area contributed by atoms with E-state index in [4.69, 9.17) is 21.1 Å². The zero-order valence-corrected chi connectivity index (χ0v) is 13.1. The maximum absolute atomic E-state index is 6.10. The van der Waals surface area contributed by atoms with Gasteiger partial charge < -0.3 is 9.47 Å². The molecule has 3 heteroatoms. The molecule has 0 bridgehead atoms. The second kappa shape index (κ2) is 8.58. The molecule has 0 radical (unpaired) electrons. The number of rotatable bonds is 8. The monoisotopic (exact) mass is 304 g/mol. The van der Waals surface area contributed by atoms with E-state index in [1.807, 2.05) is 48.5 Å². The van der Waals surface area contributed by atoms with Crippen LogP contribution in [0.2, 0.25) is 0 Å². The van der Waals surface area contributed by atoms with E-state index < -0.39 is 0 Å². The molecule has 2 rings (SSSR count). The van der Waals surface area contributed by atoms with Crippen molar-refractivity contribution in [2.24, 2.45) is 5.92 Å². The molecule has 0 aliphatic rings. The molecule has 0 saturated heterocycles. The fraction of sp³-hybridized carbons (Fsp3) is 0.333. The van der Waals surface area contributed by atoms with E-state index in [0.717, 1.165) is 24.3 Å². The van der Waals surface area contributed by atoms with Crippen molar-refractivity contribution >= 4 is 11.6 Å². The van der Waals surface area contributed by atoms with Crippen molar-refractivity contribution in [3.8, 4) is 11.5 Å². The van der Waals surface area contributed by atoms with Crippen LogP contribution < -0.4 is 9.47 Å². The predicted octanol–water partition coefficient (Wildman–Crippen LogP) is 4.56. The van der Waals surface area contributed by atoms with Crippen molar-refractivity contribution in [1.29, 1.82) is 0 Å². The Kier molecular flexibility index (Phi) is 6.42. The summed E-state index contributed by atoms with van der Waals surface area (Å²) in [7, 11) is 1.70. The minimum absolute atomic E-state index is 0.381. The lowest BCUT2D eigenvalue weighted by atomic mass is 9.97. The van der Waals surface area contributed by atoms with Gasteiger partial charge in [-0.15, -0.1) is 11.6 Å². The molecule has 112 valence electrons. The molecule has 0 aliphatic carbocycles. The summed E-state index contributed by atoms with van der Waals surface area (Å²) in [4.78, 5) is 0. The zero-order valence-electron chi connectivity index (χ0n) is 12.3. The molecule has 0 aromatic heterocycles. The van der Waals surface area contributed by atoms with Crippen LogP contribution in [0.4, 0.5) is 0 Å². The van der Waals surface area contributed by atoms with Gasteiger partial charge in [0.2, 0.25) is 0 Å². The van der Waals surface area contributed by atoms with Crippen molar-refractivity contribution in [3.05, 3.63) is 60.2 Å². The average Bonchev–Trinajstić information content (AvgIpc) is 2.55. The molecule has 1 unspecified atom stereocenters. The van der Waals surface area contributed by atoms with E-state index in [1.165, 1.54) is 5.56 Å². The summed E-state index contributed by atoms with van der Waals surface area (Å²) in [6.07, 6.45) is 1.84. The van der Waals surface area contributed by atoms with Crippen LogP contribution in [-0.4, -0.2) is 19.6 Å². The summed E-state index contributed by atoms with van der Waals surface area (Å²) < 4.78 is 11.1. The maximum atomic E-state index is 6.10. The first-order chi connectivity index (χ1) is 10.3. The highest BCUT2D eigenvalue weighted by Gasteiger charge is 2.12. The van der Waals surface area contributed by atoms with Crippen LogP contribution in [0, 0.1) is 5.92 Å². The average molecular weight is 305 g/mol. The van der Waals surface area contributed by atoms with Gasteiger partial charge in [0.05, 0.1) is 13.7 Å². The van der Waals surface area contributed by atoms with Crippen LogP contribution in [0.3, 0.4) is 0 Å². The molecule has 21 heavy (non-hydrogen) atoms. The number of hydrogen-bond donors (Lipinski definition) is 0. The number of ether oxygens (including phenoxy) is 2. The van der Waals surface area contributed by atoms with Crippen LogP contribution in [0.15, 0.2) is 54.6 Å². The summed E-state index contributed by atoms with van der Waals surface area (Å²) in [5.74, 6) is 2.84. The molecular formula is C18H21ClO2. The Hall–Kier alpha value is -1.67. The lowest BCUT2D eigenvalue weighted by Crippen LogP contribution is -2.12. The van der Waals surface area contributed by atoms with Gasteiger partial charge in [0.15, 0.2) is 0 Å². The number of alkyl halides is 1. The smallest absolute Gasteiger partial charge is 0.122 e. The van der Waals surface area contributed by atoms with E-state index in [2.05, 4.69) is 6.07 Å². The quantitative estimate of drug-likeness (QED) is 0.666. The van der Waals surface area contributed by atoms with Crippen LogP contribution in [0.1, 0.15) is 12.0 Å². The van der Waals surface area contributed by atoms with Crippen LogP contribution in [0.5, 0.6) is 11.5 Å². The van der Waals surface area contributed by atoms with Gasteiger partial charge in [-0.3, -0.25) is 0 Å². The van der Waals surface area contributed by atoms with E-state index in [-0.39, 0.29) is 0 Å². The Morgan fingerprint density at radius 2 is 1.71 bits per heavy atom. The minimum Gasteiger partial charge on any atom is -0.496 e. The number of halogens is 1. The topological polar surface area (TPSA) is 18.5 Å². The second-order valence-corrected chi connectivity index (χ2v) is 5.30. The van der Waals surface area contributed by atoms with Crippen molar-refractivity contribution < 1.29 is 9.47 Å². The third kappa shape index (κ3) is 4.98. The third-order valence-corrected chi connectivity index (χ3v) is 3.89. The molecule has 1 atom stereocenters. The highest BCUT2D eigenvalue weighted by atomic mass is 35.5. The van der Waals surface area contributed by atoms with Crippen LogP contribution in [-0.2, 0) is 6.42 Å². The first kappa shape index (κ1) is 15.7. The van der Waals surface area contributed by atoms with Gasteiger partial charge in [0.1, 0.15) is 11.5 Å². The normalized spacial score (nSPS) is 11.9. The van der Waals surface area contributed by atoms with Crippen LogP contribution >= 0.6 is 11.6 Å². The van der Waals surface area contributed by atoms with Gasteiger partial charge in [-0.2, -0.15) is 0 Å². The van der Waals surface area contributed by atoms with Crippen molar-refractivity contribution in [2.75, 3.05) is 19.6 Å². The molecule has 2 nitrogen and oxygen atoms in total. The molecule has 0 aliphatic heterocycles. The summed E-state index contributed by atoms with van der Waals surface area (Å²) in [5.41, 5.74) is 1.20. The molecule has 2 aromatic rings. The van der Waals surface area contributed by atoms with Gasteiger partial charge in [-0.05, 0) is 42.5 Å². The third-order valence-electron chi connectivity index (χ3n) is 3.46. The van der Waals surface area contributed by atoms with Gasteiger partial charge in [-0.1, -0.05) is 36.4 Å². The highest BCUT2D eigenvalue weighted by Crippen LogP contribution is 2.23. The van der Waals surface area contributed by atoms with Gasteiger partial charge >= 0.3 is 0 Å². The Bertz CT molecular complexity index is 528. The number of hydrogen-bond acceptors (Lipinski definition) is 2. The first-order valence-electron chi connectivity index (χ1n) is 7.19. The molecule has 0 amide bonds. The summed E-state index contributed by atoms with van der Waals surface area (Å²) in [6, 6.07) is 18.0. The second-order valence-electron chi connectivity index (χ2n) is 4.99. The van der Waals surface area contributed by atoms with Crippen molar-refractivity contribution in [2.45, 2.75) is 12.8 Å². The number of methoxy groups -OCH3 is 1. The fourth-order valence-corrected chi connectivity index (χ4v) is 2.54. The SMILES string of the molecule is COc1ccccc1CC(CCl)CCOc1ccccc1. The molecule has 0 spiro atoms. The number of para-hydroxylation sites is 2. The predicted molar refractivity (Wildman–Crippen MR) is 87.5 cm³/mol. The summed E-state index contributed by atoms with van der Waals surface area (Å²) >= 11 is 6.10. The molecule has 0 saturated carbocycles. The first-order valence-corrected chi connectivity index (χ1v) is 7.72. The van der Waals surface area contributed by atoms with Gasteiger partial charge in [-0.25, -0.2) is 0 Å². The molecule has 0 N–H and O–H groups in total. The Morgan fingerprint density at radius 1 is 1.00 bits per heavy atom. The van der Waals surface area contributed by atoms with Gasteiger partial charge in [0, 0.05) is 5.88 Å². The van der Waals surface area contributed by atoms with E-state index >= 15 is 0 Å². The van der Waals surface area contributed by atoms with Crippen LogP contribution in [0.25, 0.3) is 0 Å². The Balaban J connectivity index is 1.85. The Labute approximate surface area is 131 Å². The van der Waals surface area contributed by atoms with Crippen molar-refractivity contribution in [1.82, 2.24) is 0 Å². The van der Waals surface area contributed by atoms with E-state index in [9.17, 15) is 0 Å². The minimum atomic E-state index is 0.381. The number of benzene rings is 2. The van der Waals surface area contributed by atoms with E-state index in [0.29, 0.717) is 18.4 Å². The lowest BCUT2D eigenvalue weighted by molar-refractivity contribution is 0.283. The standard InChI is InChI=1S/C18H21ClO2/c1-20-18-10-6-5-7-16(18)13-15(14-19)11-12-21-17-8-3-2-4-9-17/h2-10,15H,11-14H2,1H3. The summed E-state index contributed by atoms with van der Waals surface area (Å²) in [5, 5.41) is 0.